The number of aromatic hydroxyl groups is 1. The van der Waals surface area contributed by atoms with Crippen molar-refractivity contribution < 1.29 is 14.8 Å². The number of benzene rings is 1. The van der Waals surface area contributed by atoms with E-state index in [1.54, 1.807) is 0 Å². The smallest absolute Gasteiger partial charge is 0.276 e. The second-order valence-electron chi connectivity index (χ2n) is 2.97. The zero-order valence-electron chi connectivity index (χ0n) is 7.77. The van der Waals surface area contributed by atoms with Gasteiger partial charge in [0.15, 0.2) is 6.29 Å². The molecule has 5 heteroatoms. The Hall–Kier alpha value is -1.91. The molecule has 14 heavy (non-hydrogen) atoms. The Balaban J connectivity index is 3.60. The molecule has 74 valence electrons. The van der Waals surface area contributed by atoms with E-state index < -0.39 is 4.92 Å². The topological polar surface area (TPSA) is 80.4 Å². The number of nitro benzene ring substituents is 1. The molecular weight excluding hydrogens is 186 g/mol. The van der Waals surface area contributed by atoms with Gasteiger partial charge in [-0.3, -0.25) is 14.9 Å². The van der Waals surface area contributed by atoms with Gasteiger partial charge < -0.3 is 5.11 Å². The van der Waals surface area contributed by atoms with Gasteiger partial charge in [-0.15, -0.1) is 0 Å². The van der Waals surface area contributed by atoms with E-state index in [4.69, 9.17) is 0 Å². The molecule has 0 aliphatic carbocycles. The molecule has 0 heterocycles. The minimum Gasteiger partial charge on any atom is -0.507 e. The molecule has 0 bridgehead atoms. The van der Waals surface area contributed by atoms with Crippen molar-refractivity contribution in [3.05, 3.63) is 32.9 Å². The van der Waals surface area contributed by atoms with Gasteiger partial charge in [0, 0.05) is 11.1 Å². The number of nitro groups is 1. The van der Waals surface area contributed by atoms with E-state index in [1.165, 1.54) is 19.9 Å². The van der Waals surface area contributed by atoms with Crippen molar-refractivity contribution in [3.8, 4) is 5.75 Å². The summed E-state index contributed by atoms with van der Waals surface area (Å²) in [5.74, 6) is -0.222. The Labute approximate surface area is 80.1 Å². The standard InChI is InChI=1S/C9H9NO4/c1-5-3-8(12)7(4-11)6(2)9(5)10(13)14/h3-4,12H,1-2H3. The van der Waals surface area contributed by atoms with Crippen LogP contribution in [0.4, 0.5) is 5.69 Å². The van der Waals surface area contributed by atoms with Crippen LogP contribution in [0.25, 0.3) is 0 Å². The van der Waals surface area contributed by atoms with Gasteiger partial charge in [-0.05, 0) is 19.9 Å². The van der Waals surface area contributed by atoms with Crippen LogP contribution in [0, 0.1) is 24.0 Å². The van der Waals surface area contributed by atoms with E-state index in [0.717, 1.165) is 0 Å². The number of aryl methyl sites for hydroxylation is 1. The summed E-state index contributed by atoms with van der Waals surface area (Å²) < 4.78 is 0. The molecule has 0 amide bonds. The second-order valence-corrected chi connectivity index (χ2v) is 2.97. The Bertz CT molecular complexity index is 412. The van der Waals surface area contributed by atoms with Crippen LogP contribution in [-0.4, -0.2) is 16.3 Å². The first kappa shape index (κ1) is 10.2. The van der Waals surface area contributed by atoms with Crippen LogP contribution in [0.2, 0.25) is 0 Å². The molecule has 0 aromatic heterocycles. The largest absolute Gasteiger partial charge is 0.507 e. The van der Waals surface area contributed by atoms with E-state index >= 15 is 0 Å². The fourth-order valence-electron chi connectivity index (χ4n) is 1.40. The Kier molecular flexibility index (Phi) is 2.51. The molecule has 0 unspecified atom stereocenters. The molecule has 0 aliphatic heterocycles. The number of hydrogen-bond donors (Lipinski definition) is 1. The molecule has 1 aromatic carbocycles. The van der Waals surface area contributed by atoms with Crippen molar-refractivity contribution in [2.75, 3.05) is 0 Å². The quantitative estimate of drug-likeness (QED) is 0.442. The Morgan fingerprint density at radius 3 is 2.50 bits per heavy atom. The van der Waals surface area contributed by atoms with Crippen LogP contribution in [0.3, 0.4) is 0 Å². The summed E-state index contributed by atoms with van der Waals surface area (Å²) in [7, 11) is 0. The van der Waals surface area contributed by atoms with Crippen LogP contribution in [0.15, 0.2) is 6.07 Å². The van der Waals surface area contributed by atoms with Gasteiger partial charge in [-0.1, -0.05) is 0 Å². The van der Waals surface area contributed by atoms with E-state index in [0.29, 0.717) is 11.8 Å². The molecule has 0 fully saturated rings. The van der Waals surface area contributed by atoms with E-state index in [9.17, 15) is 20.0 Å². The fourth-order valence-corrected chi connectivity index (χ4v) is 1.40. The van der Waals surface area contributed by atoms with Crippen molar-refractivity contribution in [1.29, 1.82) is 0 Å². The van der Waals surface area contributed by atoms with Crippen molar-refractivity contribution in [3.63, 3.8) is 0 Å². The molecule has 0 spiro atoms. The monoisotopic (exact) mass is 195 g/mol. The second kappa shape index (κ2) is 3.45. The third kappa shape index (κ3) is 1.44. The van der Waals surface area contributed by atoms with Crippen LogP contribution in [-0.2, 0) is 0 Å². The van der Waals surface area contributed by atoms with Gasteiger partial charge in [0.05, 0.1) is 10.5 Å². The first-order chi connectivity index (χ1) is 6.49. The first-order valence-electron chi connectivity index (χ1n) is 3.91. The number of phenols is 1. The van der Waals surface area contributed by atoms with E-state index in [2.05, 4.69) is 0 Å². The fraction of sp³-hybridized carbons (Fsp3) is 0.222. The minimum atomic E-state index is -0.558. The highest BCUT2D eigenvalue weighted by Gasteiger charge is 2.20. The molecule has 0 saturated heterocycles. The molecule has 0 radical (unpaired) electrons. The minimum absolute atomic E-state index is 0.0256. The number of hydrogen-bond acceptors (Lipinski definition) is 4. The predicted octanol–water partition coefficient (Wildman–Crippen LogP) is 1.73. The lowest BCUT2D eigenvalue weighted by Crippen LogP contribution is -1.99. The maximum Gasteiger partial charge on any atom is 0.276 e. The van der Waals surface area contributed by atoms with Crippen LogP contribution < -0.4 is 0 Å². The zero-order chi connectivity index (χ0) is 10.9. The summed E-state index contributed by atoms with van der Waals surface area (Å²) in [6.45, 7) is 2.95. The summed E-state index contributed by atoms with van der Waals surface area (Å²) in [6, 6.07) is 1.22. The maximum atomic E-state index is 10.6. The molecule has 0 atom stereocenters. The average molecular weight is 195 g/mol. The van der Waals surface area contributed by atoms with Gasteiger partial charge in [-0.2, -0.15) is 0 Å². The molecule has 1 N–H and O–H groups in total. The number of carbonyl (C=O) groups excluding carboxylic acids is 1. The van der Waals surface area contributed by atoms with Crippen molar-refractivity contribution in [1.82, 2.24) is 0 Å². The van der Waals surface area contributed by atoms with Crippen LogP contribution in [0.1, 0.15) is 21.5 Å². The van der Waals surface area contributed by atoms with Crippen LogP contribution in [0.5, 0.6) is 5.75 Å². The van der Waals surface area contributed by atoms with Gasteiger partial charge in [0.25, 0.3) is 5.69 Å². The summed E-state index contributed by atoms with van der Waals surface area (Å²) in [4.78, 5) is 20.6. The van der Waals surface area contributed by atoms with Crippen molar-refractivity contribution >= 4 is 12.0 Å². The molecule has 1 aromatic rings. The highest BCUT2D eigenvalue weighted by molar-refractivity contribution is 5.84. The van der Waals surface area contributed by atoms with Gasteiger partial charge in [-0.25, -0.2) is 0 Å². The Morgan fingerprint density at radius 1 is 1.50 bits per heavy atom. The molecule has 0 aliphatic rings. The third-order valence-electron chi connectivity index (χ3n) is 2.06. The van der Waals surface area contributed by atoms with Crippen molar-refractivity contribution in [2.45, 2.75) is 13.8 Å². The summed E-state index contributed by atoms with van der Waals surface area (Å²) in [5, 5.41) is 20.0. The number of nitrogens with zero attached hydrogens (tertiary/aromatic N) is 1. The van der Waals surface area contributed by atoms with Gasteiger partial charge >= 0.3 is 0 Å². The van der Waals surface area contributed by atoms with Crippen LogP contribution >= 0.6 is 0 Å². The maximum absolute atomic E-state index is 10.6. The lowest BCUT2D eigenvalue weighted by molar-refractivity contribution is -0.386. The molecule has 1 rings (SSSR count). The first-order valence-corrected chi connectivity index (χ1v) is 3.91. The van der Waals surface area contributed by atoms with Gasteiger partial charge in [0.1, 0.15) is 5.75 Å². The molecule has 5 nitrogen and oxygen atoms in total. The van der Waals surface area contributed by atoms with Gasteiger partial charge in [0.2, 0.25) is 0 Å². The molecular formula is C9H9NO4. The number of carbonyl (C=O) groups is 1. The summed E-state index contributed by atoms with van der Waals surface area (Å²) in [6.07, 6.45) is 0.414. The predicted molar refractivity (Wildman–Crippen MR) is 49.6 cm³/mol. The highest BCUT2D eigenvalue weighted by atomic mass is 16.6. The Morgan fingerprint density at radius 2 is 2.07 bits per heavy atom. The summed E-state index contributed by atoms with van der Waals surface area (Å²) in [5.41, 5.74) is 0.394. The van der Waals surface area contributed by atoms with E-state index in [-0.39, 0.29) is 22.6 Å². The number of aldehydes is 1. The lowest BCUT2D eigenvalue weighted by atomic mass is 10.0. The third-order valence-corrected chi connectivity index (χ3v) is 2.06. The average Bonchev–Trinajstić information content (AvgIpc) is 2.02. The normalized spacial score (nSPS) is 9.86. The van der Waals surface area contributed by atoms with Crippen molar-refractivity contribution in [2.24, 2.45) is 0 Å². The SMILES string of the molecule is Cc1cc(O)c(C=O)c(C)c1[N+](=O)[O-]. The molecule has 0 saturated carbocycles. The summed E-state index contributed by atoms with van der Waals surface area (Å²) >= 11 is 0. The lowest BCUT2D eigenvalue weighted by Gasteiger charge is -2.05. The number of phenolic OH excluding ortho intramolecular Hbond substituents is 1. The van der Waals surface area contributed by atoms with E-state index in [1.807, 2.05) is 0 Å². The number of rotatable bonds is 2. The highest BCUT2D eigenvalue weighted by Crippen LogP contribution is 2.31. The zero-order valence-corrected chi connectivity index (χ0v) is 7.77.